The molecule has 1 aliphatic carbocycles. The summed E-state index contributed by atoms with van der Waals surface area (Å²) in [6.45, 7) is 0.506. The zero-order chi connectivity index (χ0) is 26.3. The molecule has 2 heterocycles. The average molecular weight is 548 g/mol. The number of methoxy groups -OCH3 is 1. The van der Waals surface area contributed by atoms with E-state index in [2.05, 4.69) is 20.8 Å². The minimum atomic E-state index is -0.387. The topological polar surface area (TPSA) is 98.1 Å². The fourth-order valence-corrected chi connectivity index (χ4v) is 6.68. The molecule has 196 valence electrons. The molecule has 1 amide bonds. The minimum absolute atomic E-state index is 0.141. The summed E-state index contributed by atoms with van der Waals surface area (Å²) in [7, 11) is 1.38. The second kappa shape index (κ2) is 12.3. The number of amides is 1. The van der Waals surface area contributed by atoms with Crippen LogP contribution in [-0.4, -0.2) is 39.5 Å². The highest BCUT2D eigenvalue weighted by Crippen LogP contribution is 2.38. The van der Waals surface area contributed by atoms with Crippen molar-refractivity contribution in [1.82, 2.24) is 14.8 Å². The Hall–Kier alpha value is -3.63. The van der Waals surface area contributed by atoms with Crippen LogP contribution in [0.3, 0.4) is 0 Å². The van der Waals surface area contributed by atoms with Crippen molar-refractivity contribution in [3.05, 3.63) is 82.5 Å². The van der Waals surface area contributed by atoms with Crippen molar-refractivity contribution in [2.24, 2.45) is 0 Å². The third-order valence-corrected chi connectivity index (χ3v) is 8.45. The fraction of sp³-hybridized carbons (Fsp3) is 0.286. The van der Waals surface area contributed by atoms with E-state index in [0.29, 0.717) is 22.9 Å². The molecule has 0 bridgehead atoms. The van der Waals surface area contributed by atoms with Crippen molar-refractivity contribution in [2.75, 3.05) is 23.5 Å². The van der Waals surface area contributed by atoms with Crippen LogP contribution >= 0.6 is 23.1 Å². The second-order valence-electron chi connectivity index (χ2n) is 8.84. The van der Waals surface area contributed by atoms with Crippen LogP contribution in [0.15, 0.2) is 65.8 Å². The van der Waals surface area contributed by atoms with Gasteiger partial charge in [-0.1, -0.05) is 48.2 Å². The number of para-hydroxylation sites is 2. The molecule has 10 heteroatoms. The number of hydrogen-bond acceptors (Lipinski definition) is 8. The van der Waals surface area contributed by atoms with Gasteiger partial charge in [-0.3, -0.25) is 9.36 Å². The summed E-state index contributed by atoms with van der Waals surface area (Å²) in [5.74, 6) is 0.764. The van der Waals surface area contributed by atoms with Gasteiger partial charge in [0.1, 0.15) is 5.00 Å². The normalized spacial score (nSPS) is 12.6. The van der Waals surface area contributed by atoms with Gasteiger partial charge < -0.3 is 15.4 Å². The minimum Gasteiger partial charge on any atom is -0.465 e. The van der Waals surface area contributed by atoms with Gasteiger partial charge in [-0.25, -0.2) is 4.79 Å². The second-order valence-corrected chi connectivity index (χ2v) is 11.0. The molecule has 2 N–H and O–H groups in total. The first-order valence-electron chi connectivity index (χ1n) is 12.6. The molecular formula is C28H29N5O3S2. The van der Waals surface area contributed by atoms with Gasteiger partial charge in [0.25, 0.3) is 0 Å². The monoisotopic (exact) mass is 547 g/mol. The quantitative estimate of drug-likeness (QED) is 0.193. The number of carbonyl (C=O) groups is 2. The van der Waals surface area contributed by atoms with Crippen LogP contribution in [0.25, 0.3) is 5.69 Å². The van der Waals surface area contributed by atoms with Gasteiger partial charge in [0, 0.05) is 28.4 Å². The number of benzene rings is 2. The first kappa shape index (κ1) is 26.0. The summed E-state index contributed by atoms with van der Waals surface area (Å²) in [5.41, 5.74) is 3.52. The number of anilines is 2. The zero-order valence-corrected chi connectivity index (χ0v) is 22.7. The molecule has 0 aliphatic heterocycles. The highest BCUT2D eigenvalue weighted by atomic mass is 32.2. The number of hydrogen-bond donors (Lipinski definition) is 2. The number of fused-ring (bicyclic) bond motifs is 1. The number of ether oxygens (including phenoxy) is 1. The number of rotatable bonds is 10. The van der Waals surface area contributed by atoms with Crippen molar-refractivity contribution in [3.63, 3.8) is 0 Å². The number of thiophene rings is 1. The van der Waals surface area contributed by atoms with Crippen molar-refractivity contribution < 1.29 is 14.3 Å². The predicted octanol–water partition coefficient (Wildman–Crippen LogP) is 5.73. The molecule has 0 saturated heterocycles. The largest absolute Gasteiger partial charge is 0.465 e. The number of nitrogens with one attached hydrogen (secondary N) is 2. The summed E-state index contributed by atoms with van der Waals surface area (Å²) in [6.07, 6.45) is 4.20. The predicted molar refractivity (Wildman–Crippen MR) is 151 cm³/mol. The molecule has 2 aromatic heterocycles. The third kappa shape index (κ3) is 5.92. The van der Waals surface area contributed by atoms with E-state index < -0.39 is 0 Å². The van der Waals surface area contributed by atoms with Crippen LogP contribution < -0.4 is 10.6 Å². The van der Waals surface area contributed by atoms with E-state index in [9.17, 15) is 9.59 Å². The molecule has 4 aromatic rings. The van der Waals surface area contributed by atoms with E-state index in [-0.39, 0.29) is 18.3 Å². The number of aryl methyl sites for hydroxylation is 1. The Morgan fingerprint density at radius 3 is 2.53 bits per heavy atom. The van der Waals surface area contributed by atoms with Gasteiger partial charge in [-0.2, -0.15) is 0 Å². The lowest BCUT2D eigenvalue weighted by molar-refractivity contribution is -0.115. The Kier molecular flexibility index (Phi) is 8.40. The molecule has 0 unspecified atom stereocenters. The van der Waals surface area contributed by atoms with Gasteiger partial charge in [-0.05, 0) is 55.5 Å². The molecule has 38 heavy (non-hydrogen) atoms. The van der Waals surface area contributed by atoms with Crippen molar-refractivity contribution >= 4 is 45.7 Å². The van der Waals surface area contributed by atoms with Crippen LogP contribution in [0.1, 0.15) is 45.9 Å². The summed E-state index contributed by atoms with van der Waals surface area (Å²) in [5, 5.41) is 16.5. The van der Waals surface area contributed by atoms with Crippen LogP contribution in [0, 0.1) is 0 Å². The Balaban J connectivity index is 1.26. The lowest BCUT2D eigenvalue weighted by Gasteiger charge is -2.12. The van der Waals surface area contributed by atoms with E-state index in [1.54, 1.807) is 0 Å². The number of aromatic nitrogens is 3. The molecule has 0 atom stereocenters. The van der Waals surface area contributed by atoms with Crippen molar-refractivity contribution in [1.29, 1.82) is 0 Å². The first-order chi connectivity index (χ1) is 18.6. The highest BCUT2D eigenvalue weighted by Gasteiger charge is 2.27. The van der Waals surface area contributed by atoms with Gasteiger partial charge in [0.05, 0.1) is 19.2 Å². The maximum Gasteiger partial charge on any atom is 0.341 e. The number of carbonyl (C=O) groups excluding carboxylic acids is 2. The van der Waals surface area contributed by atoms with Crippen molar-refractivity contribution in [2.45, 2.75) is 43.8 Å². The summed E-state index contributed by atoms with van der Waals surface area (Å²) >= 11 is 2.98. The van der Waals surface area contributed by atoms with E-state index in [4.69, 9.17) is 4.74 Å². The Morgan fingerprint density at radius 1 is 1.03 bits per heavy atom. The maximum absolute atomic E-state index is 12.9. The lowest BCUT2D eigenvalue weighted by Crippen LogP contribution is -2.15. The van der Waals surface area contributed by atoms with Gasteiger partial charge in [0.2, 0.25) is 5.91 Å². The van der Waals surface area contributed by atoms with Crippen LogP contribution in [0.2, 0.25) is 0 Å². The van der Waals surface area contributed by atoms with Crippen LogP contribution in [0.4, 0.5) is 10.7 Å². The van der Waals surface area contributed by atoms with Gasteiger partial charge in [-0.15, -0.1) is 21.5 Å². The van der Waals surface area contributed by atoms with E-state index in [1.807, 2.05) is 65.2 Å². The van der Waals surface area contributed by atoms with Crippen molar-refractivity contribution in [3.8, 4) is 5.69 Å². The van der Waals surface area contributed by atoms with E-state index in [1.165, 1.54) is 35.1 Å². The van der Waals surface area contributed by atoms with Gasteiger partial charge >= 0.3 is 5.97 Å². The van der Waals surface area contributed by atoms with E-state index >= 15 is 0 Å². The third-order valence-electron chi connectivity index (χ3n) is 6.31. The highest BCUT2D eigenvalue weighted by molar-refractivity contribution is 7.99. The smallest absolute Gasteiger partial charge is 0.341 e. The average Bonchev–Trinajstić information content (AvgIpc) is 3.53. The molecular weight excluding hydrogens is 518 g/mol. The number of nitrogens with zero attached hydrogens (tertiary/aromatic N) is 3. The first-order valence-corrected chi connectivity index (χ1v) is 14.4. The Morgan fingerprint density at radius 2 is 1.76 bits per heavy atom. The fourth-order valence-electron chi connectivity index (χ4n) is 4.48. The van der Waals surface area contributed by atoms with Crippen LogP contribution in [-0.2, 0) is 28.9 Å². The molecule has 5 rings (SSSR count). The maximum atomic E-state index is 12.9. The molecule has 0 fully saturated rings. The molecule has 8 nitrogen and oxygen atoms in total. The zero-order valence-electron chi connectivity index (χ0n) is 21.1. The molecule has 2 aromatic carbocycles. The van der Waals surface area contributed by atoms with Gasteiger partial charge in [0.15, 0.2) is 11.0 Å². The standard InChI is InChI=1S/C28H29N5O3S2/c1-36-27(35)25-21-14-8-9-15-22(21)38-26(25)30-24(34)16-17-37-28-32-31-23(18-29-19-10-4-2-5-11-19)33(28)20-12-6-3-7-13-20/h2-7,10-13,29H,8-9,14-18H2,1H3,(H,30,34). The molecule has 1 aliphatic rings. The van der Waals surface area contributed by atoms with E-state index in [0.717, 1.165) is 53.6 Å². The Labute approximate surface area is 229 Å². The summed E-state index contributed by atoms with van der Waals surface area (Å²) in [6, 6.07) is 19.9. The number of thioether (sulfide) groups is 1. The lowest BCUT2D eigenvalue weighted by atomic mass is 9.95. The Bertz CT molecular complexity index is 1400. The SMILES string of the molecule is COC(=O)c1c(NC(=O)CCSc2nnc(CNc3ccccc3)n2-c2ccccc2)sc2c1CCCC2. The summed E-state index contributed by atoms with van der Waals surface area (Å²) in [4.78, 5) is 26.5. The van der Waals surface area contributed by atoms with Crippen LogP contribution in [0.5, 0.6) is 0 Å². The molecule has 0 saturated carbocycles. The molecule has 0 spiro atoms. The number of esters is 1. The molecule has 0 radical (unpaired) electrons. The summed E-state index contributed by atoms with van der Waals surface area (Å²) < 4.78 is 7.03.